The molecule has 0 aliphatic carbocycles. The summed E-state index contributed by atoms with van der Waals surface area (Å²) in [5, 5.41) is 7.42. The molecule has 1 heterocycles. The van der Waals surface area contributed by atoms with Crippen molar-refractivity contribution in [3.8, 4) is 0 Å². The average Bonchev–Trinajstić information content (AvgIpc) is 2.93. The summed E-state index contributed by atoms with van der Waals surface area (Å²) >= 11 is 0. The van der Waals surface area contributed by atoms with Crippen LogP contribution in [0.3, 0.4) is 0 Å². The van der Waals surface area contributed by atoms with Gasteiger partial charge in [-0.15, -0.1) is 0 Å². The molecule has 0 radical (unpaired) electrons. The number of aromatic nitrogens is 2. The number of carbonyl (C=O) groups excluding carboxylic acids is 1. The van der Waals surface area contributed by atoms with Crippen molar-refractivity contribution in [1.29, 1.82) is 0 Å². The van der Waals surface area contributed by atoms with Crippen molar-refractivity contribution in [2.45, 2.75) is 19.5 Å². The fourth-order valence-corrected chi connectivity index (χ4v) is 1.98. The first kappa shape index (κ1) is 13.9. The predicted octanol–water partition coefficient (Wildman–Crippen LogP) is 1.75. The van der Waals surface area contributed by atoms with E-state index >= 15 is 0 Å². The van der Waals surface area contributed by atoms with Crippen molar-refractivity contribution in [3.63, 3.8) is 0 Å². The van der Waals surface area contributed by atoms with Crippen LogP contribution in [0.5, 0.6) is 0 Å². The van der Waals surface area contributed by atoms with E-state index in [4.69, 9.17) is 10.5 Å². The summed E-state index contributed by atoms with van der Waals surface area (Å²) in [4.78, 5) is 11.6. The van der Waals surface area contributed by atoms with Crippen LogP contribution in [-0.2, 0) is 11.3 Å². The molecule has 2 aromatic rings. The third-order valence-corrected chi connectivity index (χ3v) is 2.93. The second-order valence-corrected chi connectivity index (χ2v) is 4.53. The maximum atomic E-state index is 11.6. The monoisotopic (exact) mass is 274 g/mol. The Labute approximate surface area is 117 Å². The molecule has 1 atom stereocenters. The van der Waals surface area contributed by atoms with Gasteiger partial charge in [0.25, 0.3) is 0 Å². The zero-order chi connectivity index (χ0) is 14.5. The predicted molar refractivity (Wildman–Crippen MR) is 77.5 cm³/mol. The number of carbonyl (C=O) groups is 1. The Balaban J connectivity index is 2.11. The molecule has 1 aromatic carbocycles. The number of nitrogens with one attached hydrogen (secondary N) is 1. The molecule has 0 bridgehead atoms. The Morgan fingerprint density at radius 1 is 1.50 bits per heavy atom. The van der Waals surface area contributed by atoms with Crippen LogP contribution in [0.25, 0.3) is 0 Å². The minimum atomic E-state index is -0.439. The molecule has 2 rings (SSSR count). The minimum Gasteiger partial charge on any atom is -0.465 e. The van der Waals surface area contributed by atoms with Crippen LogP contribution in [0.1, 0.15) is 17.3 Å². The van der Waals surface area contributed by atoms with Crippen LogP contribution < -0.4 is 11.1 Å². The summed E-state index contributed by atoms with van der Waals surface area (Å²) in [5.74, 6) is -0.439. The number of hydrogen-bond acceptors (Lipinski definition) is 5. The summed E-state index contributed by atoms with van der Waals surface area (Å²) in [6.07, 6.45) is 3.63. The molecule has 6 heteroatoms. The van der Waals surface area contributed by atoms with Crippen molar-refractivity contribution in [1.82, 2.24) is 9.78 Å². The van der Waals surface area contributed by atoms with Gasteiger partial charge in [-0.05, 0) is 25.1 Å². The zero-order valence-electron chi connectivity index (χ0n) is 11.5. The maximum Gasteiger partial charge on any atom is 0.340 e. The molecule has 20 heavy (non-hydrogen) atoms. The molecule has 0 saturated carbocycles. The molecule has 0 fully saturated rings. The van der Waals surface area contributed by atoms with Gasteiger partial charge in [-0.2, -0.15) is 5.10 Å². The van der Waals surface area contributed by atoms with Crippen LogP contribution in [0.4, 0.5) is 11.4 Å². The highest BCUT2D eigenvalue weighted by Gasteiger charge is 2.14. The van der Waals surface area contributed by atoms with Gasteiger partial charge in [0.15, 0.2) is 0 Å². The first-order valence-electron chi connectivity index (χ1n) is 6.32. The number of anilines is 2. The molecule has 6 nitrogen and oxygen atoms in total. The van der Waals surface area contributed by atoms with E-state index in [0.29, 0.717) is 23.5 Å². The first-order chi connectivity index (χ1) is 9.61. The Morgan fingerprint density at radius 3 is 2.95 bits per heavy atom. The van der Waals surface area contributed by atoms with Crippen molar-refractivity contribution in [2.75, 3.05) is 18.2 Å². The quantitative estimate of drug-likeness (QED) is 0.641. The lowest BCUT2D eigenvalue weighted by atomic mass is 10.1. The van der Waals surface area contributed by atoms with Gasteiger partial charge in [-0.1, -0.05) is 6.07 Å². The molecule has 0 aliphatic heterocycles. The summed E-state index contributed by atoms with van der Waals surface area (Å²) in [6, 6.07) is 7.24. The summed E-state index contributed by atoms with van der Waals surface area (Å²) in [7, 11) is 1.34. The highest BCUT2D eigenvalue weighted by molar-refractivity contribution is 5.98. The Morgan fingerprint density at radius 2 is 2.30 bits per heavy atom. The number of rotatable bonds is 5. The highest BCUT2D eigenvalue weighted by atomic mass is 16.5. The minimum absolute atomic E-state index is 0.116. The van der Waals surface area contributed by atoms with Crippen molar-refractivity contribution >= 4 is 17.3 Å². The van der Waals surface area contributed by atoms with Crippen LogP contribution in [0.2, 0.25) is 0 Å². The van der Waals surface area contributed by atoms with Crippen LogP contribution >= 0.6 is 0 Å². The number of nitrogens with zero attached hydrogens (tertiary/aromatic N) is 2. The number of esters is 1. The fraction of sp³-hybridized carbons (Fsp3) is 0.286. The van der Waals surface area contributed by atoms with Crippen LogP contribution in [0.15, 0.2) is 36.7 Å². The third kappa shape index (κ3) is 3.09. The summed E-state index contributed by atoms with van der Waals surface area (Å²) in [6.45, 7) is 2.72. The van der Waals surface area contributed by atoms with E-state index in [1.54, 1.807) is 18.3 Å². The molecule has 1 aromatic heterocycles. The van der Waals surface area contributed by atoms with Gasteiger partial charge in [-0.25, -0.2) is 4.79 Å². The van der Waals surface area contributed by atoms with E-state index in [-0.39, 0.29) is 6.04 Å². The lowest BCUT2D eigenvalue weighted by Crippen LogP contribution is -2.23. The second-order valence-electron chi connectivity index (χ2n) is 4.53. The number of hydrogen-bond donors (Lipinski definition) is 2. The molecule has 0 spiro atoms. The van der Waals surface area contributed by atoms with Crippen LogP contribution in [-0.4, -0.2) is 28.9 Å². The van der Waals surface area contributed by atoms with E-state index in [1.165, 1.54) is 7.11 Å². The van der Waals surface area contributed by atoms with Gasteiger partial charge < -0.3 is 15.8 Å². The molecule has 0 aliphatic rings. The highest BCUT2D eigenvalue weighted by Crippen LogP contribution is 2.24. The fourth-order valence-electron chi connectivity index (χ4n) is 1.98. The molecule has 0 saturated heterocycles. The Kier molecular flexibility index (Phi) is 4.24. The van der Waals surface area contributed by atoms with Crippen molar-refractivity contribution < 1.29 is 9.53 Å². The van der Waals surface area contributed by atoms with Gasteiger partial charge in [0, 0.05) is 18.4 Å². The standard InChI is InChI=1S/C14H18N4O2/c1-10(9-18-8-4-7-16-18)17-12-6-3-5-11(13(12)15)14(19)20-2/h3-8,10,17H,9,15H2,1-2H3. The molecule has 106 valence electrons. The number of nitrogen functional groups attached to an aromatic ring is 1. The largest absolute Gasteiger partial charge is 0.465 e. The molecule has 3 N–H and O–H groups in total. The Hall–Kier alpha value is -2.50. The maximum absolute atomic E-state index is 11.6. The smallest absolute Gasteiger partial charge is 0.340 e. The zero-order valence-corrected chi connectivity index (χ0v) is 11.5. The lowest BCUT2D eigenvalue weighted by Gasteiger charge is -2.18. The van der Waals surface area contributed by atoms with Gasteiger partial charge in [-0.3, -0.25) is 4.68 Å². The number of para-hydroxylation sites is 1. The van der Waals surface area contributed by atoms with E-state index < -0.39 is 5.97 Å². The van der Waals surface area contributed by atoms with Gasteiger partial charge in [0.1, 0.15) is 0 Å². The molecular weight excluding hydrogens is 256 g/mol. The Bertz CT molecular complexity index is 581. The first-order valence-corrected chi connectivity index (χ1v) is 6.32. The SMILES string of the molecule is COC(=O)c1cccc(NC(C)Cn2cccn2)c1N. The lowest BCUT2D eigenvalue weighted by molar-refractivity contribution is 0.0602. The van der Waals surface area contributed by atoms with Crippen LogP contribution in [0, 0.1) is 0 Å². The topological polar surface area (TPSA) is 82.2 Å². The number of benzene rings is 1. The van der Waals surface area contributed by atoms with E-state index in [0.717, 1.165) is 0 Å². The summed E-state index contributed by atoms with van der Waals surface area (Å²) < 4.78 is 6.53. The number of methoxy groups -OCH3 is 1. The molecular formula is C14H18N4O2. The van der Waals surface area contributed by atoms with Gasteiger partial charge in [0.2, 0.25) is 0 Å². The van der Waals surface area contributed by atoms with Crippen molar-refractivity contribution in [2.24, 2.45) is 0 Å². The molecule has 0 amide bonds. The van der Waals surface area contributed by atoms with Gasteiger partial charge >= 0.3 is 5.97 Å². The van der Waals surface area contributed by atoms with Gasteiger partial charge in [0.05, 0.1) is 30.6 Å². The number of nitrogens with two attached hydrogens (primary N) is 1. The average molecular weight is 274 g/mol. The third-order valence-electron chi connectivity index (χ3n) is 2.93. The molecule has 1 unspecified atom stereocenters. The van der Waals surface area contributed by atoms with E-state index in [9.17, 15) is 4.79 Å². The normalized spacial score (nSPS) is 11.9. The van der Waals surface area contributed by atoms with E-state index in [1.807, 2.05) is 29.9 Å². The van der Waals surface area contributed by atoms with Crippen molar-refractivity contribution in [3.05, 3.63) is 42.2 Å². The summed E-state index contributed by atoms with van der Waals surface area (Å²) in [5.41, 5.74) is 7.47. The van der Waals surface area contributed by atoms with E-state index in [2.05, 4.69) is 10.4 Å². The number of ether oxygens (including phenoxy) is 1. The second kappa shape index (κ2) is 6.10.